The molecule has 0 heterocycles. The number of hydrogen-bond acceptors (Lipinski definition) is 0. The molecule has 0 spiro atoms. The zero-order chi connectivity index (χ0) is 28.6. The highest BCUT2D eigenvalue weighted by Gasteiger charge is 2.39. The second kappa shape index (κ2) is 13.1. The molecule has 0 amide bonds. The Morgan fingerprint density at radius 2 is 0.692 bits per heavy atom. The molecule has 0 saturated heterocycles. The van der Waals surface area contributed by atoms with E-state index in [4.69, 9.17) is 0 Å². The van der Waals surface area contributed by atoms with Gasteiger partial charge in [0.05, 0.1) is 26.2 Å². The van der Waals surface area contributed by atoms with E-state index in [2.05, 4.69) is 27.7 Å². The molecule has 206 valence electrons. The first-order valence-electron chi connectivity index (χ1n) is 13.4. The maximum atomic E-state index is 15.2. The van der Waals surface area contributed by atoms with E-state index < -0.39 is 40.7 Å². The van der Waals surface area contributed by atoms with Crippen molar-refractivity contribution in [1.82, 2.24) is 0 Å². The molecule has 39 heavy (non-hydrogen) atoms. The summed E-state index contributed by atoms with van der Waals surface area (Å²) in [6.45, 7) is 14.2. The van der Waals surface area contributed by atoms with Crippen LogP contribution in [0.25, 0.3) is 0 Å². The van der Waals surface area contributed by atoms with E-state index in [-0.39, 0.29) is 0 Å². The largest absolute Gasteiger partial charge is 0.325 e. The SMILES string of the molecule is CC[N+](CC)(CC)CC.Fc1c(F)c(F)c([B-](c2ccccc2)(c2ccccc2)c2ccccc2)c(F)c1F. The highest BCUT2D eigenvalue weighted by atomic mass is 19.2. The van der Waals surface area contributed by atoms with Gasteiger partial charge in [0.2, 0.25) is 0 Å². The van der Waals surface area contributed by atoms with Crippen LogP contribution in [0.3, 0.4) is 0 Å². The van der Waals surface area contributed by atoms with Crippen molar-refractivity contribution in [2.45, 2.75) is 27.7 Å². The lowest BCUT2D eigenvalue weighted by Gasteiger charge is -2.44. The van der Waals surface area contributed by atoms with Gasteiger partial charge in [0, 0.05) is 0 Å². The first-order chi connectivity index (χ1) is 18.7. The molecule has 0 saturated carbocycles. The first-order valence-corrected chi connectivity index (χ1v) is 13.4. The molecule has 0 aliphatic carbocycles. The monoisotopic (exact) mass is 539 g/mol. The Bertz CT molecular complexity index is 1200. The van der Waals surface area contributed by atoms with Crippen LogP contribution in [0, 0.1) is 29.1 Å². The zero-order valence-corrected chi connectivity index (χ0v) is 22.9. The molecule has 4 aromatic carbocycles. The second-order valence-electron chi connectivity index (χ2n) is 9.69. The fourth-order valence-electron chi connectivity index (χ4n) is 5.65. The summed E-state index contributed by atoms with van der Waals surface area (Å²) in [4.78, 5) is 0. The predicted molar refractivity (Wildman–Crippen MR) is 152 cm³/mol. The van der Waals surface area contributed by atoms with Crippen LogP contribution in [-0.4, -0.2) is 36.8 Å². The Kier molecular flexibility index (Phi) is 10.1. The highest BCUT2D eigenvalue weighted by Crippen LogP contribution is 2.21. The summed E-state index contributed by atoms with van der Waals surface area (Å²) in [7, 11) is 0. The van der Waals surface area contributed by atoms with Crippen molar-refractivity contribution in [2.75, 3.05) is 26.2 Å². The van der Waals surface area contributed by atoms with E-state index >= 15 is 8.78 Å². The van der Waals surface area contributed by atoms with Gasteiger partial charge in [-0.25, -0.2) is 22.0 Å². The minimum absolute atomic E-state index is 0.429. The molecule has 0 fully saturated rings. The van der Waals surface area contributed by atoms with Crippen LogP contribution in [0.15, 0.2) is 91.0 Å². The van der Waals surface area contributed by atoms with Gasteiger partial charge in [-0.1, -0.05) is 91.0 Å². The fraction of sp³-hybridized carbons (Fsp3) is 0.250. The smallest absolute Gasteiger partial charge is 0.200 e. The van der Waals surface area contributed by atoms with Gasteiger partial charge in [0.25, 0.3) is 0 Å². The molecule has 4 rings (SSSR count). The number of quaternary nitrogens is 1. The van der Waals surface area contributed by atoms with E-state index in [0.29, 0.717) is 16.4 Å². The van der Waals surface area contributed by atoms with Crippen molar-refractivity contribution >= 4 is 28.0 Å². The summed E-state index contributed by atoms with van der Waals surface area (Å²) in [6.07, 6.45) is -2.72. The maximum absolute atomic E-state index is 15.2. The van der Waals surface area contributed by atoms with E-state index in [1.807, 2.05) is 0 Å². The molecular formula is C32H35BF5N. The average Bonchev–Trinajstić information content (AvgIpc) is 3.00. The van der Waals surface area contributed by atoms with Crippen molar-refractivity contribution in [2.24, 2.45) is 0 Å². The van der Waals surface area contributed by atoms with Crippen LogP contribution < -0.4 is 21.9 Å². The van der Waals surface area contributed by atoms with Crippen molar-refractivity contribution in [3.8, 4) is 0 Å². The molecular weight excluding hydrogens is 504 g/mol. The zero-order valence-electron chi connectivity index (χ0n) is 22.9. The summed E-state index contributed by atoms with van der Waals surface area (Å²) in [5, 5.41) is 0. The molecule has 0 bridgehead atoms. The molecule has 0 radical (unpaired) electrons. The Balaban J connectivity index is 0.000000403. The van der Waals surface area contributed by atoms with Crippen molar-refractivity contribution < 1.29 is 26.4 Å². The van der Waals surface area contributed by atoms with E-state index in [9.17, 15) is 13.2 Å². The normalized spacial score (nSPS) is 11.6. The number of hydrogen-bond donors (Lipinski definition) is 0. The van der Waals surface area contributed by atoms with Crippen LogP contribution in [0.5, 0.6) is 0 Å². The molecule has 0 aliphatic heterocycles. The maximum Gasteiger partial charge on any atom is 0.200 e. The van der Waals surface area contributed by atoms with Gasteiger partial charge in [-0.15, -0.1) is 5.46 Å². The van der Waals surface area contributed by atoms with Gasteiger partial charge in [0.1, 0.15) is 17.8 Å². The summed E-state index contributed by atoms with van der Waals surface area (Å²) in [5.74, 6) is -9.76. The fourth-order valence-corrected chi connectivity index (χ4v) is 5.65. The minimum atomic E-state index is -2.72. The van der Waals surface area contributed by atoms with Crippen LogP contribution in [0.1, 0.15) is 27.7 Å². The van der Waals surface area contributed by atoms with Gasteiger partial charge in [-0.3, -0.25) is 0 Å². The summed E-state index contributed by atoms with van der Waals surface area (Å²) in [5.41, 5.74) is 0.435. The Morgan fingerprint density at radius 3 is 0.923 bits per heavy atom. The van der Waals surface area contributed by atoms with Crippen molar-refractivity contribution in [1.29, 1.82) is 0 Å². The standard InChI is InChI=1S/C24H15BF5.C8H20N/c26-20-19(21(27)23(29)24(30)22(20)28)25(16-10-4-1-5-11-16,17-12-6-2-7-13-17)18-14-8-3-9-15-18;1-5-9(6-2,7-3)8-4/h1-15H;5-8H2,1-4H3/q-1;+1. The molecule has 0 N–H and O–H groups in total. The van der Waals surface area contributed by atoms with Crippen LogP contribution in [0.4, 0.5) is 22.0 Å². The lowest BCUT2D eigenvalue weighted by molar-refractivity contribution is -0.921. The lowest BCUT2D eigenvalue weighted by atomic mass is 9.13. The first kappa shape index (κ1) is 30.1. The molecule has 4 aromatic rings. The number of halogens is 5. The number of benzene rings is 4. The average molecular weight is 539 g/mol. The minimum Gasteiger partial charge on any atom is -0.325 e. The molecule has 0 aliphatic rings. The van der Waals surface area contributed by atoms with Gasteiger partial charge in [-0.05, 0) is 27.7 Å². The van der Waals surface area contributed by atoms with Gasteiger partial charge in [-0.2, -0.15) is 16.4 Å². The summed E-state index contributed by atoms with van der Waals surface area (Å²) < 4.78 is 74.3. The van der Waals surface area contributed by atoms with Crippen LogP contribution in [0.2, 0.25) is 0 Å². The third-order valence-corrected chi connectivity index (χ3v) is 8.26. The van der Waals surface area contributed by atoms with Gasteiger partial charge < -0.3 is 4.48 Å². The van der Waals surface area contributed by atoms with E-state index in [0.717, 1.165) is 0 Å². The van der Waals surface area contributed by atoms with Crippen molar-refractivity contribution in [3.63, 3.8) is 0 Å². The highest BCUT2D eigenvalue weighted by molar-refractivity contribution is 7.20. The Hall–Kier alpha value is -3.45. The predicted octanol–water partition coefficient (Wildman–Crippen LogP) is 5.64. The summed E-state index contributed by atoms with van der Waals surface area (Å²) in [6, 6.07) is 25.0. The Labute approximate surface area is 228 Å². The summed E-state index contributed by atoms with van der Waals surface area (Å²) >= 11 is 0. The van der Waals surface area contributed by atoms with E-state index in [1.165, 1.54) is 30.7 Å². The van der Waals surface area contributed by atoms with Gasteiger partial charge in [0.15, 0.2) is 17.5 Å². The third-order valence-electron chi connectivity index (χ3n) is 8.26. The second-order valence-corrected chi connectivity index (χ2v) is 9.69. The molecule has 0 unspecified atom stereocenters. The van der Waals surface area contributed by atoms with E-state index in [1.54, 1.807) is 91.0 Å². The van der Waals surface area contributed by atoms with Crippen LogP contribution >= 0.6 is 0 Å². The molecule has 0 atom stereocenters. The number of nitrogens with zero attached hydrogens (tertiary/aromatic N) is 1. The molecule has 1 nitrogen and oxygen atoms in total. The van der Waals surface area contributed by atoms with Gasteiger partial charge >= 0.3 is 0 Å². The molecule has 7 heteroatoms. The Morgan fingerprint density at radius 1 is 0.436 bits per heavy atom. The lowest BCUT2D eigenvalue weighted by Crippen LogP contribution is -2.76. The quantitative estimate of drug-likeness (QED) is 0.0894. The number of rotatable bonds is 8. The van der Waals surface area contributed by atoms with Crippen molar-refractivity contribution in [3.05, 3.63) is 120 Å². The third kappa shape index (κ3) is 5.64. The topological polar surface area (TPSA) is 0 Å². The molecule has 0 aromatic heterocycles. The van der Waals surface area contributed by atoms with Crippen LogP contribution in [-0.2, 0) is 0 Å².